The van der Waals surface area contributed by atoms with Crippen molar-refractivity contribution >= 4 is 29.2 Å². The van der Waals surface area contributed by atoms with Crippen LogP contribution in [0.1, 0.15) is 42.0 Å². The molecule has 1 amide bonds. The first-order chi connectivity index (χ1) is 9.99. The highest BCUT2D eigenvalue weighted by Crippen LogP contribution is 2.35. The fourth-order valence-corrected chi connectivity index (χ4v) is 3.54. The zero-order valence-corrected chi connectivity index (χ0v) is 12.2. The number of fused-ring (bicyclic) bond motifs is 1. The molecule has 3 N–H and O–H groups in total. The standard InChI is InChI=1S/C14H17NO5S/c16-12(17)5-4-10(14(19)20)15-13(18)9-2-1-3-11-8(9)6-7-21-11/h6-7,9-10H,1-5H2,(H,15,18)(H,16,17)(H,19,20)/t9?,10-/m0/s1. The number of carbonyl (C=O) groups is 3. The number of carboxylic acid groups (broad SMARTS) is 2. The third-order valence-electron chi connectivity index (χ3n) is 3.63. The third-order valence-corrected chi connectivity index (χ3v) is 4.63. The summed E-state index contributed by atoms with van der Waals surface area (Å²) >= 11 is 1.61. The Hall–Kier alpha value is -1.89. The fourth-order valence-electron chi connectivity index (χ4n) is 2.56. The number of amides is 1. The fraction of sp³-hybridized carbons (Fsp3) is 0.500. The molecule has 2 rings (SSSR count). The molecule has 1 unspecified atom stereocenters. The Morgan fingerprint density at radius 3 is 2.81 bits per heavy atom. The van der Waals surface area contributed by atoms with Crippen molar-refractivity contribution < 1.29 is 24.6 Å². The highest BCUT2D eigenvalue weighted by molar-refractivity contribution is 7.10. The van der Waals surface area contributed by atoms with Crippen LogP contribution in [0.3, 0.4) is 0 Å². The zero-order valence-electron chi connectivity index (χ0n) is 11.4. The van der Waals surface area contributed by atoms with Crippen molar-refractivity contribution in [2.45, 2.75) is 44.1 Å². The van der Waals surface area contributed by atoms with Crippen LogP contribution in [0.4, 0.5) is 0 Å². The van der Waals surface area contributed by atoms with Gasteiger partial charge in [0, 0.05) is 11.3 Å². The van der Waals surface area contributed by atoms with Crippen molar-refractivity contribution in [1.29, 1.82) is 0 Å². The van der Waals surface area contributed by atoms with E-state index in [1.54, 1.807) is 11.3 Å². The summed E-state index contributed by atoms with van der Waals surface area (Å²) in [6, 6.07) is 0.758. The second-order valence-corrected chi connectivity index (χ2v) is 6.08. The van der Waals surface area contributed by atoms with Crippen molar-refractivity contribution in [3.8, 4) is 0 Å². The molecular formula is C14H17NO5S. The van der Waals surface area contributed by atoms with Gasteiger partial charge in [-0.15, -0.1) is 11.3 Å². The normalized spacial score (nSPS) is 18.6. The van der Waals surface area contributed by atoms with Crippen molar-refractivity contribution in [1.82, 2.24) is 5.32 Å². The van der Waals surface area contributed by atoms with Crippen LogP contribution in [0.5, 0.6) is 0 Å². The molecule has 1 aliphatic carbocycles. The molecule has 114 valence electrons. The maximum atomic E-state index is 12.3. The number of thiophene rings is 1. The molecular weight excluding hydrogens is 294 g/mol. The molecule has 7 heteroatoms. The Balaban J connectivity index is 2.03. The predicted octanol–water partition coefficient (Wildman–Crippen LogP) is 1.60. The Morgan fingerprint density at radius 1 is 1.38 bits per heavy atom. The molecule has 2 atom stereocenters. The van der Waals surface area contributed by atoms with Crippen molar-refractivity contribution in [3.05, 3.63) is 21.9 Å². The topological polar surface area (TPSA) is 104 Å². The minimum absolute atomic E-state index is 0.111. The minimum atomic E-state index is -1.20. The van der Waals surface area contributed by atoms with Gasteiger partial charge in [0.05, 0.1) is 5.92 Å². The Kier molecular flexibility index (Phi) is 4.95. The molecule has 0 spiro atoms. The van der Waals surface area contributed by atoms with Crippen LogP contribution in [-0.4, -0.2) is 34.1 Å². The first kappa shape index (κ1) is 15.5. The summed E-state index contributed by atoms with van der Waals surface area (Å²) in [7, 11) is 0. The highest BCUT2D eigenvalue weighted by Gasteiger charge is 2.30. The van der Waals surface area contributed by atoms with E-state index in [4.69, 9.17) is 10.2 Å². The maximum absolute atomic E-state index is 12.3. The summed E-state index contributed by atoms with van der Waals surface area (Å²) in [6.45, 7) is 0. The number of rotatable bonds is 6. The van der Waals surface area contributed by atoms with E-state index in [2.05, 4.69) is 5.32 Å². The first-order valence-corrected chi connectivity index (χ1v) is 7.68. The summed E-state index contributed by atoms with van der Waals surface area (Å²) in [4.78, 5) is 35.1. The monoisotopic (exact) mass is 311 g/mol. The van der Waals surface area contributed by atoms with E-state index < -0.39 is 18.0 Å². The SMILES string of the molecule is O=C(O)CC[C@H](NC(=O)C1CCCc2sccc21)C(=O)O. The van der Waals surface area contributed by atoms with Gasteiger partial charge in [-0.2, -0.15) is 0 Å². The molecule has 1 aromatic rings. The van der Waals surface area contributed by atoms with Crippen LogP contribution < -0.4 is 5.32 Å². The number of aryl methyl sites for hydroxylation is 1. The van der Waals surface area contributed by atoms with Crippen molar-refractivity contribution in [3.63, 3.8) is 0 Å². The molecule has 6 nitrogen and oxygen atoms in total. The molecule has 0 saturated heterocycles. The van der Waals surface area contributed by atoms with Crippen LogP contribution in [0.25, 0.3) is 0 Å². The van der Waals surface area contributed by atoms with E-state index in [1.807, 2.05) is 11.4 Å². The number of nitrogens with one attached hydrogen (secondary N) is 1. The lowest BCUT2D eigenvalue weighted by Gasteiger charge is -2.23. The summed E-state index contributed by atoms with van der Waals surface area (Å²) in [5.74, 6) is -2.93. The van der Waals surface area contributed by atoms with Crippen LogP contribution in [-0.2, 0) is 20.8 Å². The van der Waals surface area contributed by atoms with E-state index in [1.165, 1.54) is 4.88 Å². The second kappa shape index (κ2) is 6.71. The molecule has 0 radical (unpaired) electrons. The van der Waals surface area contributed by atoms with E-state index in [0.29, 0.717) is 6.42 Å². The van der Waals surface area contributed by atoms with Gasteiger partial charge in [0.2, 0.25) is 5.91 Å². The molecule has 0 fully saturated rings. The maximum Gasteiger partial charge on any atom is 0.326 e. The molecule has 0 aliphatic heterocycles. The summed E-state index contributed by atoms with van der Waals surface area (Å²) in [5, 5.41) is 22.1. The first-order valence-electron chi connectivity index (χ1n) is 6.80. The summed E-state index contributed by atoms with van der Waals surface area (Å²) < 4.78 is 0. The van der Waals surface area contributed by atoms with Gasteiger partial charge in [-0.25, -0.2) is 4.79 Å². The number of carboxylic acids is 2. The summed E-state index contributed by atoms with van der Waals surface area (Å²) in [5.41, 5.74) is 0.978. The van der Waals surface area contributed by atoms with Crippen LogP contribution in [0, 0.1) is 0 Å². The van der Waals surface area contributed by atoms with Gasteiger partial charge < -0.3 is 15.5 Å². The van der Waals surface area contributed by atoms with E-state index in [-0.39, 0.29) is 24.7 Å². The molecule has 1 heterocycles. The molecule has 0 saturated carbocycles. The lowest BCUT2D eigenvalue weighted by atomic mass is 9.87. The van der Waals surface area contributed by atoms with Crippen LogP contribution in [0.2, 0.25) is 0 Å². The Morgan fingerprint density at radius 2 is 2.14 bits per heavy atom. The van der Waals surface area contributed by atoms with Gasteiger partial charge >= 0.3 is 11.9 Å². The van der Waals surface area contributed by atoms with Gasteiger partial charge in [-0.3, -0.25) is 9.59 Å². The van der Waals surface area contributed by atoms with E-state index in [9.17, 15) is 14.4 Å². The van der Waals surface area contributed by atoms with Crippen molar-refractivity contribution in [2.75, 3.05) is 0 Å². The largest absolute Gasteiger partial charge is 0.481 e. The van der Waals surface area contributed by atoms with Crippen molar-refractivity contribution in [2.24, 2.45) is 0 Å². The molecule has 0 bridgehead atoms. The zero-order chi connectivity index (χ0) is 15.4. The smallest absolute Gasteiger partial charge is 0.326 e. The molecule has 1 aromatic heterocycles. The minimum Gasteiger partial charge on any atom is -0.481 e. The van der Waals surface area contributed by atoms with Gasteiger partial charge in [-0.05, 0) is 42.7 Å². The predicted molar refractivity (Wildman–Crippen MR) is 76.4 cm³/mol. The number of hydrogen-bond acceptors (Lipinski definition) is 4. The number of carbonyl (C=O) groups excluding carboxylic acids is 1. The second-order valence-electron chi connectivity index (χ2n) is 5.08. The number of hydrogen-bond donors (Lipinski definition) is 3. The average Bonchev–Trinajstić information content (AvgIpc) is 2.90. The number of aliphatic carboxylic acids is 2. The molecule has 21 heavy (non-hydrogen) atoms. The molecule has 1 aliphatic rings. The van der Waals surface area contributed by atoms with E-state index in [0.717, 1.165) is 18.4 Å². The molecule has 0 aromatic carbocycles. The van der Waals surface area contributed by atoms with E-state index >= 15 is 0 Å². The third kappa shape index (κ3) is 3.81. The van der Waals surface area contributed by atoms with Crippen LogP contribution in [0.15, 0.2) is 11.4 Å². The lowest BCUT2D eigenvalue weighted by Crippen LogP contribution is -2.43. The van der Waals surface area contributed by atoms with Gasteiger partial charge in [-0.1, -0.05) is 0 Å². The van der Waals surface area contributed by atoms with Gasteiger partial charge in [0.15, 0.2) is 0 Å². The Bertz CT molecular complexity index is 553. The summed E-state index contributed by atoms with van der Waals surface area (Å²) in [6.07, 6.45) is 2.16. The van der Waals surface area contributed by atoms with Gasteiger partial charge in [0.1, 0.15) is 6.04 Å². The quantitative estimate of drug-likeness (QED) is 0.740. The average molecular weight is 311 g/mol. The highest BCUT2D eigenvalue weighted by atomic mass is 32.1. The van der Waals surface area contributed by atoms with Crippen LogP contribution >= 0.6 is 11.3 Å². The Labute approximate surface area is 125 Å². The van der Waals surface area contributed by atoms with Gasteiger partial charge in [0.25, 0.3) is 0 Å². The lowest BCUT2D eigenvalue weighted by molar-refractivity contribution is -0.143.